The Morgan fingerprint density at radius 3 is 2.67 bits per heavy atom. The first-order valence-electron chi connectivity index (χ1n) is 11.8. The number of anilines is 2. The molecule has 1 aliphatic carbocycles. The molecule has 0 bridgehead atoms. The molecule has 5 rings (SSSR count). The van der Waals surface area contributed by atoms with E-state index in [4.69, 9.17) is 16.3 Å². The number of nitrogens with zero attached hydrogens (tertiary/aromatic N) is 3. The molecular formula is C25H20ClF3N5O5S-. The minimum atomic E-state index is -3.17. The number of aliphatic hydroxyl groups is 1. The van der Waals surface area contributed by atoms with Crippen LogP contribution in [0.3, 0.4) is 0 Å². The van der Waals surface area contributed by atoms with E-state index in [0.29, 0.717) is 17.1 Å². The summed E-state index contributed by atoms with van der Waals surface area (Å²) in [6.07, 6.45) is 2.34. The zero-order valence-corrected chi connectivity index (χ0v) is 22.2. The molecule has 15 heteroatoms. The number of fused-ring (bicyclic) bond motifs is 1. The van der Waals surface area contributed by atoms with Gasteiger partial charge in [-0.15, -0.1) is 0 Å². The smallest absolute Gasteiger partial charge is 0.270 e. The number of benzene rings is 2. The third kappa shape index (κ3) is 4.87. The van der Waals surface area contributed by atoms with Crippen molar-refractivity contribution in [1.82, 2.24) is 20.5 Å². The fraction of sp³-hybridized carbons (Fsp3) is 0.240. The lowest BCUT2D eigenvalue weighted by atomic mass is 10.0. The molecule has 4 aromatic rings. The van der Waals surface area contributed by atoms with Crippen LogP contribution in [0.25, 0.3) is 22.0 Å². The van der Waals surface area contributed by atoms with Crippen molar-refractivity contribution in [2.45, 2.75) is 31.4 Å². The lowest BCUT2D eigenvalue weighted by molar-refractivity contribution is 0.0870. The number of rotatable bonds is 7. The van der Waals surface area contributed by atoms with Gasteiger partial charge in [0.25, 0.3) is 5.91 Å². The SMILES string of the molecule is COc1ncc(Cl)cc1N(c1ccc(F)c(-c2ccc3c(C(=O)NC4CCCC4O)[nH]nc3c2F)c1F)S(=O)[O-]. The lowest BCUT2D eigenvalue weighted by Crippen LogP contribution is -2.40. The van der Waals surface area contributed by atoms with Crippen molar-refractivity contribution in [1.29, 1.82) is 0 Å². The minimum Gasteiger partial charge on any atom is -0.755 e. The maximum Gasteiger partial charge on any atom is 0.270 e. The highest BCUT2D eigenvalue weighted by molar-refractivity contribution is 7.81. The lowest BCUT2D eigenvalue weighted by Gasteiger charge is -2.28. The summed E-state index contributed by atoms with van der Waals surface area (Å²) in [4.78, 5) is 16.6. The molecule has 1 fully saturated rings. The van der Waals surface area contributed by atoms with Gasteiger partial charge in [0.05, 0.1) is 46.8 Å². The van der Waals surface area contributed by atoms with E-state index in [9.17, 15) is 18.7 Å². The molecule has 210 valence electrons. The number of aromatic nitrogens is 3. The third-order valence-corrected chi connectivity index (χ3v) is 7.51. The maximum absolute atomic E-state index is 15.9. The van der Waals surface area contributed by atoms with E-state index in [-0.39, 0.29) is 33.2 Å². The number of hydrogen-bond acceptors (Lipinski definition) is 7. The van der Waals surface area contributed by atoms with E-state index in [1.807, 2.05) is 0 Å². The van der Waals surface area contributed by atoms with Crippen LogP contribution < -0.4 is 14.4 Å². The second kappa shape index (κ2) is 11.0. The molecule has 0 radical (unpaired) electrons. The van der Waals surface area contributed by atoms with Gasteiger partial charge in [-0.3, -0.25) is 18.4 Å². The Labute approximate surface area is 232 Å². The molecular weight excluding hydrogens is 575 g/mol. The summed E-state index contributed by atoms with van der Waals surface area (Å²) in [5.74, 6) is -4.60. The number of ether oxygens (including phenoxy) is 1. The molecule has 0 aliphatic heterocycles. The number of aliphatic hydroxyl groups excluding tert-OH is 1. The van der Waals surface area contributed by atoms with E-state index in [1.165, 1.54) is 19.4 Å². The summed E-state index contributed by atoms with van der Waals surface area (Å²) in [5, 5.41) is 19.0. The number of H-pyrrole nitrogens is 1. The van der Waals surface area contributed by atoms with Gasteiger partial charge in [-0.1, -0.05) is 17.7 Å². The normalized spacial score (nSPS) is 17.7. The minimum absolute atomic E-state index is 0.00584. The van der Waals surface area contributed by atoms with Gasteiger partial charge >= 0.3 is 0 Å². The van der Waals surface area contributed by atoms with Gasteiger partial charge < -0.3 is 19.7 Å². The number of aromatic amines is 1. The summed E-state index contributed by atoms with van der Waals surface area (Å²) in [6.45, 7) is 0. The summed E-state index contributed by atoms with van der Waals surface area (Å²) in [6, 6.07) is 4.63. The molecule has 2 aromatic carbocycles. The van der Waals surface area contributed by atoms with Crippen molar-refractivity contribution >= 4 is 51.1 Å². The van der Waals surface area contributed by atoms with Crippen LogP contribution in [-0.4, -0.2) is 54.2 Å². The van der Waals surface area contributed by atoms with Gasteiger partial charge in [0.2, 0.25) is 5.88 Å². The van der Waals surface area contributed by atoms with Gasteiger partial charge in [-0.25, -0.2) is 18.2 Å². The number of nitrogens with one attached hydrogen (secondary N) is 2. The van der Waals surface area contributed by atoms with E-state index >= 15 is 13.2 Å². The highest BCUT2D eigenvalue weighted by Gasteiger charge is 2.30. The topological polar surface area (TPSA) is 144 Å². The molecule has 10 nitrogen and oxygen atoms in total. The van der Waals surface area contributed by atoms with Gasteiger partial charge in [-0.05, 0) is 43.5 Å². The second-order valence-electron chi connectivity index (χ2n) is 8.95. The number of carbonyl (C=O) groups is 1. The van der Waals surface area contributed by atoms with Gasteiger partial charge in [-0.2, -0.15) is 5.10 Å². The number of hydrogen-bond donors (Lipinski definition) is 3. The van der Waals surface area contributed by atoms with Gasteiger partial charge in [0, 0.05) is 17.1 Å². The first-order valence-corrected chi connectivity index (χ1v) is 13.3. The fourth-order valence-corrected chi connectivity index (χ4v) is 5.46. The highest BCUT2D eigenvalue weighted by atomic mass is 35.5. The predicted octanol–water partition coefficient (Wildman–Crippen LogP) is 4.28. The van der Waals surface area contributed by atoms with Crippen LogP contribution in [0.15, 0.2) is 36.5 Å². The standard InChI is InChI=1S/C25H21ClF3N5O5S/c1-39-25-17(9-11(26)10-30-25)34(40(37)38)16-8-7-14(27)19(21(16)29)12-5-6-13-22(20(12)28)32-33-23(13)24(36)31-15-3-2-4-18(15)35/h5-10,15,18,35H,2-4H2,1H3,(H,31,36)(H,32,33)(H,37,38)/p-1. The average molecular weight is 595 g/mol. The Balaban J connectivity index is 1.59. The van der Waals surface area contributed by atoms with Crippen LogP contribution in [0.4, 0.5) is 24.5 Å². The quantitative estimate of drug-likeness (QED) is 0.271. The van der Waals surface area contributed by atoms with Crippen molar-refractivity contribution < 1.29 is 36.6 Å². The first-order chi connectivity index (χ1) is 19.1. The van der Waals surface area contributed by atoms with Crippen LogP contribution in [0.1, 0.15) is 29.8 Å². The van der Waals surface area contributed by atoms with Gasteiger partial charge in [0.1, 0.15) is 22.7 Å². The third-order valence-electron chi connectivity index (χ3n) is 6.61. The summed E-state index contributed by atoms with van der Waals surface area (Å²) >= 11 is 2.78. The molecule has 1 aliphatic rings. The Morgan fingerprint density at radius 2 is 2.00 bits per heavy atom. The van der Waals surface area contributed by atoms with Crippen LogP contribution in [0.5, 0.6) is 5.88 Å². The van der Waals surface area contributed by atoms with E-state index in [1.54, 1.807) is 0 Å². The Kier molecular flexibility index (Phi) is 7.68. The molecule has 3 N–H and O–H groups in total. The van der Waals surface area contributed by atoms with Crippen molar-refractivity contribution in [2.24, 2.45) is 0 Å². The van der Waals surface area contributed by atoms with Crippen LogP contribution in [0, 0.1) is 17.5 Å². The molecule has 40 heavy (non-hydrogen) atoms. The zero-order chi connectivity index (χ0) is 28.7. The molecule has 2 heterocycles. The fourth-order valence-electron chi connectivity index (χ4n) is 4.72. The monoisotopic (exact) mass is 594 g/mol. The zero-order valence-electron chi connectivity index (χ0n) is 20.6. The molecule has 0 saturated heterocycles. The largest absolute Gasteiger partial charge is 0.755 e. The van der Waals surface area contributed by atoms with Crippen LogP contribution >= 0.6 is 11.6 Å². The Hall–Kier alpha value is -3.72. The maximum atomic E-state index is 15.9. The first kappa shape index (κ1) is 27.8. The number of carbonyl (C=O) groups excluding carboxylic acids is 1. The molecule has 2 aromatic heterocycles. The molecule has 1 saturated carbocycles. The molecule has 3 unspecified atom stereocenters. The number of halogens is 4. The number of pyridine rings is 1. The van der Waals surface area contributed by atoms with Crippen LogP contribution in [-0.2, 0) is 11.3 Å². The molecule has 3 atom stereocenters. The molecule has 1 amide bonds. The summed E-state index contributed by atoms with van der Waals surface area (Å²) in [5.41, 5.74) is -2.84. The Bertz CT molecular complexity index is 1660. The average Bonchev–Trinajstić information content (AvgIpc) is 3.53. The van der Waals surface area contributed by atoms with Crippen molar-refractivity contribution in [3.05, 3.63) is 64.7 Å². The van der Waals surface area contributed by atoms with Crippen LogP contribution in [0.2, 0.25) is 5.02 Å². The van der Waals surface area contributed by atoms with E-state index in [2.05, 4.69) is 20.5 Å². The number of methoxy groups -OCH3 is 1. The van der Waals surface area contributed by atoms with E-state index in [0.717, 1.165) is 30.7 Å². The highest BCUT2D eigenvalue weighted by Crippen LogP contribution is 2.41. The number of amides is 1. The van der Waals surface area contributed by atoms with E-state index < -0.39 is 63.6 Å². The Morgan fingerprint density at radius 1 is 1.23 bits per heavy atom. The summed E-state index contributed by atoms with van der Waals surface area (Å²) in [7, 11) is 1.21. The summed E-state index contributed by atoms with van der Waals surface area (Å²) < 4.78 is 76.5. The second-order valence-corrected chi connectivity index (χ2v) is 10.2. The van der Waals surface area contributed by atoms with Crippen molar-refractivity contribution in [3.8, 4) is 17.0 Å². The van der Waals surface area contributed by atoms with Crippen molar-refractivity contribution in [3.63, 3.8) is 0 Å². The van der Waals surface area contributed by atoms with Crippen molar-refractivity contribution in [2.75, 3.05) is 11.4 Å². The molecule has 0 spiro atoms. The van der Waals surface area contributed by atoms with Gasteiger partial charge in [0.15, 0.2) is 11.6 Å². The predicted molar refractivity (Wildman–Crippen MR) is 139 cm³/mol.